The summed E-state index contributed by atoms with van der Waals surface area (Å²) < 4.78 is 2.32. The van der Waals surface area contributed by atoms with Crippen LogP contribution >= 0.6 is 23.5 Å². The van der Waals surface area contributed by atoms with Gasteiger partial charge in [0, 0.05) is 41.3 Å². The second kappa shape index (κ2) is 5.14. The Morgan fingerprint density at radius 3 is 3.06 bits per heavy atom. The van der Waals surface area contributed by atoms with Crippen molar-refractivity contribution in [2.75, 3.05) is 22.6 Å². The lowest BCUT2D eigenvalue weighted by molar-refractivity contribution is 0.697. The van der Waals surface area contributed by atoms with Gasteiger partial charge in [-0.1, -0.05) is 0 Å². The zero-order valence-corrected chi connectivity index (χ0v) is 11.8. The van der Waals surface area contributed by atoms with Gasteiger partial charge in [-0.3, -0.25) is 0 Å². The lowest BCUT2D eigenvalue weighted by Gasteiger charge is -2.22. The first kappa shape index (κ1) is 11.8. The third-order valence-electron chi connectivity index (χ3n) is 3.09. The second-order valence-electron chi connectivity index (χ2n) is 4.84. The molecule has 1 aliphatic carbocycles. The monoisotopic (exact) mass is 269 g/mol. The summed E-state index contributed by atoms with van der Waals surface area (Å²) >= 11 is 4.20. The summed E-state index contributed by atoms with van der Waals surface area (Å²) in [5.74, 6) is 4.98. The second-order valence-corrected chi connectivity index (χ2v) is 7.40. The van der Waals surface area contributed by atoms with E-state index in [2.05, 4.69) is 51.5 Å². The van der Waals surface area contributed by atoms with Gasteiger partial charge in [0.25, 0.3) is 0 Å². The summed E-state index contributed by atoms with van der Waals surface area (Å²) in [6, 6.07) is 0.684. The van der Waals surface area contributed by atoms with Gasteiger partial charge in [0.1, 0.15) is 0 Å². The number of aromatic nitrogens is 2. The van der Waals surface area contributed by atoms with Crippen LogP contribution in [-0.2, 0) is 6.54 Å². The Morgan fingerprint density at radius 1 is 1.47 bits per heavy atom. The van der Waals surface area contributed by atoms with E-state index >= 15 is 0 Å². The minimum atomic E-state index is 0.684. The maximum atomic E-state index is 4.59. The van der Waals surface area contributed by atoms with Crippen LogP contribution in [0, 0.1) is 6.92 Å². The molecule has 1 unspecified atom stereocenters. The lowest BCUT2D eigenvalue weighted by atomic mass is 10.4. The number of rotatable bonds is 4. The predicted octanol–water partition coefficient (Wildman–Crippen LogP) is 2.61. The van der Waals surface area contributed by atoms with Gasteiger partial charge in [0.15, 0.2) is 0 Å². The molecule has 0 amide bonds. The molecule has 2 heterocycles. The van der Waals surface area contributed by atoms with Crippen molar-refractivity contribution in [2.24, 2.45) is 0 Å². The molecule has 1 N–H and O–H groups in total. The van der Waals surface area contributed by atoms with Gasteiger partial charge >= 0.3 is 0 Å². The van der Waals surface area contributed by atoms with Gasteiger partial charge in [-0.2, -0.15) is 23.5 Å². The topological polar surface area (TPSA) is 29.9 Å². The Kier molecular flexibility index (Phi) is 3.56. The number of hydrogen-bond acceptors (Lipinski definition) is 4. The number of hydrogen-bond donors (Lipinski definition) is 1. The van der Waals surface area contributed by atoms with Crippen molar-refractivity contribution in [1.29, 1.82) is 0 Å². The SMILES string of the molecule is Cc1cn(CC2CSCCS2)c(NC2CC2)n1. The van der Waals surface area contributed by atoms with Gasteiger partial charge in [-0.25, -0.2) is 4.98 Å². The van der Waals surface area contributed by atoms with Crippen LogP contribution in [0.2, 0.25) is 0 Å². The van der Waals surface area contributed by atoms with Crippen LogP contribution < -0.4 is 5.32 Å². The molecule has 1 aromatic rings. The first-order chi connectivity index (χ1) is 8.31. The normalized spacial score (nSPS) is 24.9. The fourth-order valence-corrected chi connectivity index (χ4v) is 4.74. The molecule has 0 bridgehead atoms. The third-order valence-corrected chi connectivity index (χ3v) is 5.92. The fourth-order valence-electron chi connectivity index (χ4n) is 2.07. The van der Waals surface area contributed by atoms with Gasteiger partial charge < -0.3 is 9.88 Å². The third kappa shape index (κ3) is 3.13. The van der Waals surface area contributed by atoms with Crippen molar-refractivity contribution >= 4 is 29.5 Å². The predicted molar refractivity (Wildman–Crippen MR) is 77.2 cm³/mol. The average molecular weight is 269 g/mol. The fraction of sp³-hybridized carbons (Fsp3) is 0.750. The van der Waals surface area contributed by atoms with Crippen LogP contribution in [-0.4, -0.2) is 38.1 Å². The van der Waals surface area contributed by atoms with E-state index in [4.69, 9.17) is 0 Å². The van der Waals surface area contributed by atoms with Crippen LogP contribution in [0.15, 0.2) is 6.20 Å². The molecule has 2 fully saturated rings. The molecule has 17 heavy (non-hydrogen) atoms. The average Bonchev–Trinajstić information content (AvgIpc) is 3.06. The molecule has 3 nitrogen and oxygen atoms in total. The van der Waals surface area contributed by atoms with Crippen LogP contribution in [0.1, 0.15) is 18.5 Å². The van der Waals surface area contributed by atoms with E-state index in [0.717, 1.165) is 23.4 Å². The highest BCUT2D eigenvalue weighted by Crippen LogP contribution is 2.28. The largest absolute Gasteiger partial charge is 0.353 e. The number of aryl methyl sites for hydroxylation is 1. The Labute approximate surface area is 111 Å². The van der Waals surface area contributed by atoms with E-state index in [0.29, 0.717) is 6.04 Å². The zero-order chi connectivity index (χ0) is 11.7. The molecular formula is C12H19N3S2. The van der Waals surface area contributed by atoms with Crippen molar-refractivity contribution in [2.45, 2.75) is 37.6 Å². The first-order valence-corrected chi connectivity index (χ1v) is 8.51. The van der Waals surface area contributed by atoms with E-state index < -0.39 is 0 Å². The van der Waals surface area contributed by atoms with Crippen LogP contribution in [0.4, 0.5) is 5.95 Å². The first-order valence-electron chi connectivity index (χ1n) is 6.31. The number of nitrogens with zero attached hydrogens (tertiary/aromatic N) is 2. The number of anilines is 1. The molecule has 5 heteroatoms. The standard InChI is InChI=1S/C12H19N3S2/c1-9-6-15(7-11-8-16-4-5-17-11)12(13-9)14-10-2-3-10/h6,10-11H,2-5,7-8H2,1H3,(H,13,14). The van der Waals surface area contributed by atoms with Gasteiger partial charge in [-0.05, 0) is 19.8 Å². The van der Waals surface area contributed by atoms with Crippen LogP contribution in [0.5, 0.6) is 0 Å². The Morgan fingerprint density at radius 2 is 2.35 bits per heavy atom. The summed E-state index contributed by atoms with van der Waals surface area (Å²) in [4.78, 5) is 4.59. The Balaban J connectivity index is 1.67. The maximum Gasteiger partial charge on any atom is 0.203 e. The number of nitrogens with one attached hydrogen (secondary N) is 1. The molecule has 1 aromatic heterocycles. The van der Waals surface area contributed by atoms with Crippen molar-refractivity contribution < 1.29 is 0 Å². The summed E-state index contributed by atoms with van der Waals surface area (Å²) in [5.41, 5.74) is 1.13. The van der Waals surface area contributed by atoms with Gasteiger partial charge in [0.2, 0.25) is 5.95 Å². The molecule has 0 aromatic carbocycles. The van der Waals surface area contributed by atoms with E-state index in [1.165, 1.54) is 30.1 Å². The molecule has 1 saturated carbocycles. The summed E-state index contributed by atoms with van der Waals surface area (Å²) in [5, 5.41) is 4.28. The molecule has 1 saturated heterocycles. The smallest absolute Gasteiger partial charge is 0.203 e. The number of thioether (sulfide) groups is 2. The highest BCUT2D eigenvalue weighted by atomic mass is 32.2. The van der Waals surface area contributed by atoms with Crippen LogP contribution in [0.25, 0.3) is 0 Å². The Bertz CT molecular complexity index is 381. The summed E-state index contributed by atoms with van der Waals surface area (Å²) in [6.07, 6.45) is 4.80. The van der Waals surface area contributed by atoms with Crippen LogP contribution in [0.3, 0.4) is 0 Å². The molecule has 0 spiro atoms. The highest BCUT2D eigenvalue weighted by Gasteiger charge is 2.24. The van der Waals surface area contributed by atoms with Crippen molar-refractivity contribution in [3.63, 3.8) is 0 Å². The maximum absolute atomic E-state index is 4.59. The zero-order valence-electron chi connectivity index (χ0n) is 10.2. The summed E-state index contributed by atoms with van der Waals surface area (Å²) in [7, 11) is 0. The molecule has 94 valence electrons. The molecule has 1 aliphatic heterocycles. The molecule has 3 rings (SSSR count). The Hall–Kier alpha value is -0.290. The minimum Gasteiger partial charge on any atom is -0.353 e. The molecule has 0 radical (unpaired) electrons. The minimum absolute atomic E-state index is 0.684. The summed E-state index contributed by atoms with van der Waals surface area (Å²) in [6.45, 7) is 3.19. The van der Waals surface area contributed by atoms with E-state index in [-0.39, 0.29) is 0 Å². The van der Waals surface area contributed by atoms with Crippen molar-refractivity contribution in [3.05, 3.63) is 11.9 Å². The van der Waals surface area contributed by atoms with Gasteiger partial charge in [-0.15, -0.1) is 0 Å². The van der Waals surface area contributed by atoms with E-state index in [1.54, 1.807) is 0 Å². The highest BCUT2D eigenvalue weighted by molar-refractivity contribution is 8.06. The molecular weight excluding hydrogens is 250 g/mol. The molecule has 1 atom stereocenters. The van der Waals surface area contributed by atoms with E-state index in [1.807, 2.05) is 0 Å². The van der Waals surface area contributed by atoms with Crippen molar-refractivity contribution in [3.8, 4) is 0 Å². The van der Waals surface area contributed by atoms with E-state index in [9.17, 15) is 0 Å². The quantitative estimate of drug-likeness (QED) is 0.910. The lowest BCUT2D eigenvalue weighted by Crippen LogP contribution is -2.21. The van der Waals surface area contributed by atoms with Gasteiger partial charge in [0.05, 0.1) is 5.69 Å². The number of imidazole rings is 1. The molecule has 2 aliphatic rings. The van der Waals surface area contributed by atoms with Crippen molar-refractivity contribution in [1.82, 2.24) is 9.55 Å².